The Morgan fingerprint density at radius 1 is 0.848 bits per heavy atom. The Labute approximate surface area is 194 Å². The number of amides is 1. The van der Waals surface area contributed by atoms with E-state index in [9.17, 15) is 13.2 Å². The van der Waals surface area contributed by atoms with Crippen molar-refractivity contribution >= 4 is 21.6 Å². The Bertz CT molecular complexity index is 1240. The summed E-state index contributed by atoms with van der Waals surface area (Å²) in [6, 6.07) is 24.3. The smallest absolute Gasteiger partial charge is 0.253 e. The van der Waals surface area contributed by atoms with Gasteiger partial charge in [-0.05, 0) is 35.4 Å². The second-order valence-electron chi connectivity index (χ2n) is 8.37. The van der Waals surface area contributed by atoms with Crippen LogP contribution in [0.1, 0.15) is 27.7 Å². The van der Waals surface area contributed by atoms with Gasteiger partial charge in [0.25, 0.3) is 5.91 Å². The summed E-state index contributed by atoms with van der Waals surface area (Å²) < 4.78 is 27.8. The van der Waals surface area contributed by atoms with Gasteiger partial charge in [-0.3, -0.25) is 9.69 Å². The molecule has 8 heteroatoms. The molecule has 0 bridgehead atoms. The van der Waals surface area contributed by atoms with E-state index in [-0.39, 0.29) is 10.8 Å². The lowest BCUT2D eigenvalue weighted by Gasteiger charge is -2.35. The van der Waals surface area contributed by atoms with E-state index >= 15 is 0 Å². The molecule has 0 unspecified atom stereocenters. The summed E-state index contributed by atoms with van der Waals surface area (Å²) >= 11 is 0. The van der Waals surface area contributed by atoms with Crippen molar-refractivity contribution in [1.29, 1.82) is 0 Å². The number of carbonyl (C=O) groups is 1. The fraction of sp³-hybridized carbons (Fsp3) is 0.240. The van der Waals surface area contributed by atoms with Crippen LogP contribution in [0, 0.1) is 0 Å². The highest BCUT2D eigenvalue weighted by molar-refractivity contribution is 7.89. The first-order valence-corrected chi connectivity index (χ1v) is 12.5. The van der Waals surface area contributed by atoms with Crippen LogP contribution in [0.3, 0.4) is 0 Å². The number of nitrogens with zero attached hydrogens (tertiary/aromatic N) is 2. The molecule has 1 fully saturated rings. The van der Waals surface area contributed by atoms with Crippen molar-refractivity contribution in [3.8, 4) is 0 Å². The molecule has 1 saturated heterocycles. The molecule has 0 saturated carbocycles. The third-order valence-corrected chi connectivity index (χ3v) is 7.63. The van der Waals surface area contributed by atoms with Crippen LogP contribution in [0.4, 0.5) is 5.69 Å². The molecule has 0 aromatic heterocycles. The van der Waals surface area contributed by atoms with Gasteiger partial charge >= 0.3 is 0 Å². The lowest BCUT2D eigenvalue weighted by Crippen LogP contribution is -2.48. The molecule has 3 aromatic rings. The normalized spacial score (nSPS) is 20.0. The van der Waals surface area contributed by atoms with Crippen molar-refractivity contribution in [2.45, 2.75) is 17.6 Å². The molecule has 0 spiro atoms. The average molecular weight is 463 g/mol. The fourth-order valence-electron chi connectivity index (χ4n) is 4.33. The number of hydrogen-bond acceptors (Lipinski definition) is 5. The van der Waals surface area contributed by atoms with Gasteiger partial charge in [0.1, 0.15) is 11.1 Å². The molecular formula is C25H26N4O3S. The molecule has 2 aliphatic heterocycles. The molecule has 7 nitrogen and oxygen atoms in total. The van der Waals surface area contributed by atoms with Gasteiger partial charge < -0.3 is 10.2 Å². The van der Waals surface area contributed by atoms with Crippen molar-refractivity contribution in [2.75, 3.05) is 31.5 Å². The molecule has 2 heterocycles. The summed E-state index contributed by atoms with van der Waals surface area (Å²) in [5.74, 6) is 0.00319. The first kappa shape index (κ1) is 21.6. The van der Waals surface area contributed by atoms with Crippen LogP contribution < -0.4 is 10.0 Å². The number of nitrogens with one attached hydrogen (secondary N) is 2. The van der Waals surface area contributed by atoms with E-state index < -0.39 is 16.2 Å². The van der Waals surface area contributed by atoms with E-state index in [1.165, 1.54) is 5.56 Å². The van der Waals surface area contributed by atoms with Gasteiger partial charge in [0.05, 0.1) is 5.69 Å². The van der Waals surface area contributed by atoms with Crippen LogP contribution in [-0.4, -0.2) is 50.3 Å². The van der Waals surface area contributed by atoms with E-state index in [1.54, 1.807) is 48.5 Å². The minimum atomic E-state index is -3.60. The highest BCUT2D eigenvalue weighted by Gasteiger charge is 2.30. The van der Waals surface area contributed by atoms with Crippen LogP contribution in [0.2, 0.25) is 0 Å². The summed E-state index contributed by atoms with van der Waals surface area (Å²) in [7, 11) is -3.60. The summed E-state index contributed by atoms with van der Waals surface area (Å²) in [6.07, 6.45) is -0.587. The van der Waals surface area contributed by atoms with Crippen LogP contribution in [0.25, 0.3) is 0 Å². The minimum Gasteiger partial charge on any atom is -0.364 e. The Hall–Kier alpha value is -3.20. The molecule has 1 atom stereocenters. The van der Waals surface area contributed by atoms with Gasteiger partial charge in [-0.1, -0.05) is 54.6 Å². The number of fused-ring (bicyclic) bond motifs is 1. The number of para-hydroxylation sites is 1. The molecule has 2 aliphatic rings. The Morgan fingerprint density at radius 3 is 2.24 bits per heavy atom. The maximum atomic E-state index is 13.0. The Morgan fingerprint density at radius 2 is 1.52 bits per heavy atom. The summed E-state index contributed by atoms with van der Waals surface area (Å²) in [4.78, 5) is 17.5. The average Bonchev–Trinajstić information content (AvgIpc) is 2.84. The summed E-state index contributed by atoms with van der Waals surface area (Å²) in [6.45, 7) is 3.95. The summed E-state index contributed by atoms with van der Waals surface area (Å²) in [5.41, 5.74) is 3.20. The van der Waals surface area contributed by atoms with Gasteiger partial charge in [-0.15, -0.1) is 0 Å². The zero-order valence-electron chi connectivity index (χ0n) is 18.1. The third kappa shape index (κ3) is 4.64. The van der Waals surface area contributed by atoms with Crippen LogP contribution in [-0.2, 0) is 16.6 Å². The minimum absolute atomic E-state index is 0.00319. The lowest BCUT2D eigenvalue weighted by molar-refractivity contribution is 0.0628. The maximum absolute atomic E-state index is 13.0. The van der Waals surface area contributed by atoms with Crippen molar-refractivity contribution in [3.05, 3.63) is 95.6 Å². The molecule has 170 valence electrons. The predicted molar refractivity (Wildman–Crippen MR) is 127 cm³/mol. The predicted octanol–water partition coefficient (Wildman–Crippen LogP) is 3.05. The topological polar surface area (TPSA) is 81.7 Å². The molecule has 0 radical (unpaired) electrons. The fourth-order valence-corrected chi connectivity index (χ4v) is 5.63. The molecular weight excluding hydrogens is 436 g/mol. The zero-order valence-corrected chi connectivity index (χ0v) is 19.0. The van der Waals surface area contributed by atoms with Gasteiger partial charge in [-0.25, -0.2) is 8.42 Å². The number of rotatable bonds is 4. The molecule has 0 aliphatic carbocycles. The van der Waals surface area contributed by atoms with Crippen LogP contribution >= 0.6 is 0 Å². The molecule has 33 heavy (non-hydrogen) atoms. The van der Waals surface area contributed by atoms with E-state index in [1.807, 2.05) is 23.1 Å². The van der Waals surface area contributed by atoms with Crippen molar-refractivity contribution in [1.82, 2.24) is 14.5 Å². The second kappa shape index (κ2) is 8.97. The van der Waals surface area contributed by atoms with Gasteiger partial charge in [0.2, 0.25) is 10.0 Å². The Balaban J connectivity index is 1.22. The number of piperazine rings is 1. The van der Waals surface area contributed by atoms with Crippen LogP contribution in [0.5, 0.6) is 0 Å². The standard InChI is InChI=1S/C25H26N4O3S/c30-25(29-16-14-28(15-17-29)18-19-6-2-1-3-7-19)21-12-10-20(11-13-21)24-26-22-8-4-5-9-23(22)33(31,32)27-24/h1-13,24,26-27H,14-18H2/t24-/m1/s1. The van der Waals surface area contributed by atoms with Crippen molar-refractivity contribution in [2.24, 2.45) is 0 Å². The number of hydrogen-bond donors (Lipinski definition) is 2. The van der Waals surface area contributed by atoms with E-state index in [0.717, 1.165) is 25.2 Å². The van der Waals surface area contributed by atoms with E-state index in [0.29, 0.717) is 24.3 Å². The first-order valence-electron chi connectivity index (χ1n) is 11.0. The SMILES string of the molecule is O=C(c1ccc([C@@H]2Nc3ccccc3S(=O)(=O)N2)cc1)N1CCN(Cc2ccccc2)CC1. The largest absolute Gasteiger partial charge is 0.364 e. The highest BCUT2D eigenvalue weighted by atomic mass is 32.2. The number of carbonyl (C=O) groups excluding carboxylic acids is 1. The third-order valence-electron chi connectivity index (χ3n) is 6.15. The molecule has 5 rings (SSSR count). The maximum Gasteiger partial charge on any atom is 0.253 e. The lowest BCUT2D eigenvalue weighted by atomic mass is 10.1. The highest BCUT2D eigenvalue weighted by Crippen LogP contribution is 2.30. The van der Waals surface area contributed by atoms with Crippen molar-refractivity contribution in [3.63, 3.8) is 0 Å². The van der Waals surface area contributed by atoms with E-state index in [4.69, 9.17) is 0 Å². The van der Waals surface area contributed by atoms with E-state index in [2.05, 4.69) is 27.1 Å². The van der Waals surface area contributed by atoms with Gasteiger partial charge in [0.15, 0.2) is 0 Å². The molecule has 2 N–H and O–H groups in total. The molecule has 3 aromatic carbocycles. The Kier molecular flexibility index (Phi) is 5.88. The zero-order chi connectivity index (χ0) is 22.8. The number of anilines is 1. The first-order chi connectivity index (χ1) is 16.0. The quantitative estimate of drug-likeness (QED) is 0.623. The van der Waals surface area contributed by atoms with Crippen molar-refractivity contribution < 1.29 is 13.2 Å². The monoisotopic (exact) mass is 462 g/mol. The molecule has 1 amide bonds. The van der Waals surface area contributed by atoms with Gasteiger partial charge in [0, 0.05) is 38.3 Å². The number of benzene rings is 3. The second-order valence-corrected chi connectivity index (χ2v) is 10.1. The van der Waals surface area contributed by atoms with Crippen LogP contribution in [0.15, 0.2) is 83.8 Å². The van der Waals surface area contributed by atoms with Gasteiger partial charge in [-0.2, -0.15) is 4.72 Å². The number of sulfonamides is 1. The summed E-state index contributed by atoms with van der Waals surface area (Å²) in [5, 5.41) is 3.21.